The van der Waals surface area contributed by atoms with Crippen molar-refractivity contribution in [1.29, 1.82) is 0 Å². The van der Waals surface area contributed by atoms with E-state index in [2.05, 4.69) is 12.2 Å². The van der Waals surface area contributed by atoms with Gasteiger partial charge in [-0.3, -0.25) is 9.59 Å². The van der Waals surface area contributed by atoms with E-state index >= 15 is 0 Å². The molecule has 5 nitrogen and oxygen atoms in total. The van der Waals surface area contributed by atoms with Crippen LogP contribution in [0.3, 0.4) is 0 Å². The van der Waals surface area contributed by atoms with Crippen molar-refractivity contribution < 1.29 is 14.3 Å². The number of hydrogen-bond acceptors (Lipinski definition) is 3. The number of carbonyl (C=O) groups excluding carboxylic acids is 2. The van der Waals surface area contributed by atoms with Crippen molar-refractivity contribution in [1.82, 2.24) is 10.2 Å². The molecule has 2 aromatic carbocycles. The highest BCUT2D eigenvalue weighted by atomic mass is 16.5. The third kappa shape index (κ3) is 7.60. The predicted molar refractivity (Wildman–Crippen MR) is 116 cm³/mol. The fourth-order valence-corrected chi connectivity index (χ4v) is 3.15. The highest BCUT2D eigenvalue weighted by Gasteiger charge is 2.28. The minimum atomic E-state index is -0.498. The Balaban J connectivity index is 2.07. The molecular weight excluding hydrogens is 364 g/mol. The molecule has 0 fully saturated rings. The number of benzene rings is 2. The van der Waals surface area contributed by atoms with E-state index in [1.165, 1.54) is 0 Å². The van der Waals surface area contributed by atoms with Crippen molar-refractivity contribution in [2.75, 3.05) is 19.7 Å². The molecule has 0 spiro atoms. The molecular formula is C24H32N2O3. The van der Waals surface area contributed by atoms with Crippen LogP contribution in [0, 0.1) is 0 Å². The van der Waals surface area contributed by atoms with Gasteiger partial charge in [-0.25, -0.2) is 0 Å². The number of nitrogens with zero attached hydrogens (tertiary/aromatic N) is 1. The van der Waals surface area contributed by atoms with E-state index in [0.717, 1.165) is 18.4 Å². The molecule has 0 radical (unpaired) electrons. The van der Waals surface area contributed by atoms with Crippen LogP contribution in [-0.4, -0.2) is 42.5 Å². The van der Waals surface area contributed by atoms with E-state index in [1.807, 2.05) is 67.6 Å². The first-order chi connectivity index (χ1) is 14.2. The van der Waals surface area contributed by atoms with Gasteiger partial charge in [0.25, 0.3) is 5.91 Å². The highest BCUT2D eigenvalue weighted by molar-refractivity contribution is 5.88. The Hall–Kier alpha value is -2.82. The Morgan fingerprint density at radius 3 is 2.28 bits per heavy atom. The van der Waals surface area contributed by atoms with Crippen molar-refractivity contribution in [2.24, 2.45) is 0 Å². The van der Waals surface area contributed by atoms with Gasteiger partial charge in [-0.05, 0) is 37.0 Å². The predicted octanol–water partition coefficient (Wildman–Crippen LogP) is 3.83. The number of carbonyl (C=O) groups is 2. The van der Waals surface area contributed by atoms with Gasteiger partial charge in [0.15, 0.2) is 6.61 Å². The Labute approximate surface area is 174 Å². The lowest BCUT2D eigenvalue weighted by Gasteiger charge is -2.30. The van der Waals surface area contributed by atoms with Gasteiger partial charge >= 0.3 is 0 Å². The average molecular weight is 397 g/mol. The van der Waals surface area contributed by atoms with E-state index in [-0.39, 0.29) is 18.4 Å². The Morgan fingerprint density at radius 1 is 1.00 bits per heavy atom. The maximum absolute atomic E-state index is 13.0. The molecule has 1 N–H and O–H groups in total. The molecule has 2 aromatic rings. The lowest BCUT2D eigenvalue weighted by Crippen LogP contribution is -2.51. The van der Waals surface area contributed by atoms with Crippen LogP contribution in [0.5, 0.6) is 5.75 Å². The van der Waals surface area contributed by atoms with Crippen molar-refractivity contribution in [3.05, 3.63) is 66.2 Å². The fourth-order valence-electron chi connectivity index (χ4n) is 3.15. The quantitative estimate of drug-likeness (QED) is 0.555. The van der Waals surface area contributed by atoms with Gasteiger partial charge in [0, 0.05) is 13.1 Å². The largest absolute Gasteiger partial charge is 0.484 e. The summed E-state index contributed by atoms with van der Waals surface area (Å²) < 4.78 is 5.65. The van der Waals surface area contributed by atoms with Crippen molar-refractivity contribution in [3.8, 4) is 5.75 Å². The molecule has 0 aliphatic carbocycles. The number of amides is 2. The maximum atomic E-state index is 13.0. The summed E-state index contributed by atoms with van der Waals surface area (Å²) >= 11 is 0. The third-order valence-electron chi connectivity index (χ3n) is 4.81. The first-order valence-corrected chi connectivity index (χ1v) is 10.4. The van der Waals surface area contributed by atoms with Gasteiger partial charge in [0.05, 0.1) is 0 Å². The number of para-hydroxylation sites is 1. The van der Waals surface area contributed by atoms with Gasteiger partial charge in [0.1, 0.15) is 11.8 Å². The lowest BCUT2D eigenvalue weighted by atomic mass is 10.1. The van der Waals surface area contributed by atoms with Crippen molar-refractivity contribution in [3.63, 3.8) is 0 Å². The first-order valence-electron chi connectivity index (χ1n) is 10.4. The van der Waals surface area contributed by atoms with E-state index in [0.29, 0.717) is 31.7 Å². The molecule has 0 bridgehead atoms. The summed E-state index contributed by atoms with van der Waals surface area (Å²) in [5.41, 5.74) is 1.13. The van der Waals surface area contributed by atoms with Crippen LogP contribution in [0.15, 0.2) is 60.7 Å². The smallest absolute Gasteiger partial charge is 0.261 e. The Bertz CT molecular complexity index is 734. The number of rotatable bonds is 12. The second-order valence-corrected chi connectivity index (χ2v) is 6.99. The van der Waals surface area contributed by atoms with E-state index < -0.39 is 6.04 Å². The molecule has 1 atom stereocenters. The van der Waals surface area contributed by atoms with Gasteiger partial charge < -0.3 is 15.0 Å². The minimum Gasteiger partial charge on any atom is -0.484 e. The van der Waals surface area contributed by atoms with Gasteiger partial charge in [-0.1, -0.05) is 68.8 Å². The second-order valence-electron chi connectivity index (χ2n) is 6.99. The number of hydrogen-bond donors (Lipinski definition) is 1. The van der Waals surface area contributed by atoms with Crippen LogP contribution in [-0.2, 0) is 16.0 Å². The molecule has 0 aliphatic rings. The van der Waals surface area contributed by atoms with Gasteiger partial charge in [0.2, 0.25) is 5.91 Å². The SMILES string of the molecule is CCCCNC(=O)C(CC)N(CCc1ccccc1)C(=O)COc1ccccc1. The van der Waals surface area contributed by atoms with Crippen LogP contribution in [0.4, 0.5) is 0 Å². The Morgan fingerprint density at radius 2 is 1.66 bits per heavy atom. The van der Waals surface area contributed by atoms with Crippen LogP contribution in [0.25, 0.3) is 0 Å². The molecule has 0 aliphatic heterocycles. The monoisotopic (exact) mass is 396 g/mol. The van der Waals surface area contributed by atoms with Crippen molar-refractivity contribution in [2.45, 2.75) is 45.6 Å². The second kappa shape index (κ2) is 12.6. The van der Waals surface area contributed by atoms with Crippen LogP contribution >= 0.6 is 0 Å². The summed E-state index contributed by atoms with van der Waals surface area (Å²) in [6.07, 6.45) is 3.19. The molecule has 5 heteroatoms. The lowest BCUT2D eigenvalue weighted by molar-refractivity contribution is -0.142. The molecule has 29 heavy (non-hydrogen) atoms. The highest BCUT2D eigenvalue weighted by Crippen LogP contribution is 2.12. The molecule has 0 aromatic heterocycles. The minimum absolute atomic E-state index is 0.0858. The zero-order valence-electron chi connectivity index (χ0n) is 17.5. The first kappa shape index (κ1) is 22.5. The van der Waals surface area contributed by atoms with Crippen molar-refractivity contribution >= 4 is 11.8 Å². The average Bonchev–Trinajstić information content (AvgIpc) is 2.76. The van der Waals surface area contributed by atoms with E-state index in [1.54, 1.807) is 4.90 Å². The molecule has 2 rings (SSSR count). The molecule has 0 saturated carbocycles. The summed E-state index contributed by atoms with van der Waals surface area (Å²) in [4.78, 5) is 27.4. The van der Waals surface area contributed by atoms with E-state index in [4.69, 9.17) is 4.74 Å². The normalized spacial score (nSPS) is 11.5. The molecule has 0 heterocycles. The summed E-state index contributed by atoms with van der Waals surface area (Å²) in [6.45, 7) is 5.04. The van der Waals surface area contributed by atoms with Crippen LogP contribution in [0.1, 0.15) is 38.7 Å². The number of unbranched alkanes of at least 4 members (excludes halogenated alkanes) is 1. The number of nitrogens with one attached hydrogen (secondary N) is 1. The standard InChI is InChI=1S/C24H32N2O3/c1-3-5-17-25-24(28)22(4-2)26(18-16-20-12-8-6-9-13-20)23(27)19-29-21-14-10-7-11-15-21/h6-15,22H,3-5,16-19H2,1-2H3,(H,25,28). The van der Waals surface area contributed by atoms with Gasteiger partial charge in [-0.2, -0.15) is 0 Å². The Kier molecular flexibility index (Phi) is 9.76. The summed E-state index contributed by atoms with van der Waals surface area (Å²) in [5.74, 6) is 0.369. The molecule has 2 amide bonds. The zero-order chi connectivity index (χ0) is 20.9. The number of ether oxygens (including phenoxy) is 1. The third-order valence-corrected chi connectivity index (χ3v) is 4.81. The summed E-state index contributed by atoms with van der Waals surface area (Å²) in [6, 6.07) is 18.8. The van der Waals surface area contributed by atoms with E-state index in [9.17, 15) is 9.59 Å². The molecule has 1 unspecified atom stereocenters. The fraction of sp³-hybridized carbons (Fsp3) is 0.417. The topological polar surface area (TPSA) is 58.6 Å². The summed E-state index contributed by atoms with van der Waals surface area (Å²) in [5, 5.41) is 2.97. The summed E-state index contributed by atoms with van der Waals surface area (Å²) in [7, 11) is 0. The molecule has 156 valence electrons. The van der Waals surface area contributed by atoms with Crippen LogP contribution < -0.4 is 10.1 Å². The van der Waals surface area contributed by atoms with Crippen LogP contribution in [0.2, 0.25) is 0 Å². The molecule has 0 saturated heterocycles. The zero-order valence-corrected chi connectivity index (χ0v) is 17.5. The maximum Gasteiger partial charge on any atom is 0.261 e. The van der Waals surface area contributed by atoms with Gasteiger partial charge in [-0.15, -0.1) is 0 Å².